The zero-order valence-corrected chi connectivity index (χ0v) is 24.7. The average molecular weight is 589 g/mol. The number of amides is 1. The van der Waals surface area contributed by atoms with Gasteiger partial charge in [-0.1, -0.05) is 53.6 Å². The van der Waals surface area contributed by atoms with Crippen molar-refractivity contribution in [2.45, 2.75) is 56.0 Å². The standard InChI is InChI=1S/C32H33ClN4O3S/c1-21-10-14-24(15-11-21)41(39,40)35-30-9-5-6-22-12-13-23(18-26(22)30)37(20-31-34-16-17-36(31)2)32(38)28-19-27(28)25-7-3-4-8-29(25)33/h3-4,7-8,10-18,27-28,30,35H,5-6,9,19-20H2,1-2H3/t27-,28-,30-/m1/s1. The van der Waals surface area contributed by atoms with Crippen molar-refractivity contribution in [3.05, 3.63) is 112 Å². The highest BCUT2D eigenvalue weighted by atomic mass is 35.5. The Labute approximate surface area is 246 Å². The molecule has 1 heterocycles. The highest BCUT2D eigenvalue weighted by Gasteiger charge is 2.47. The molecule has 0 spiro atoms. The van der Waals surface area contributed by atoms with Gasteiger partial charge in [-0.05, 0) is 85.5 Å². The van der Waals surface area contributed by atoms with Gasteiger partial charge in [0.25, 0.3) is 0 Å². The van der Waals surface area contributed by atoms with Crippen molar-refractivity contribution < 1.29 is 13.2 Å². The number of rotatable bonds is 8. The van der Waals surface area contributed by atoms with Crippen LogP contribution < -0.4 is 9.62 Å². The first kappa shape index (κ1) is 27.7. The van der Waals surface area contributed by atoms with Crippen LogP contribution in [0.15, 0.2) is 84.0 Å². The van der Waals surface area contributed by atoms with Gasteiger partial charge in [-0.25, -0.2) is 18.1 Å². The predicted octanol–water partition coefficient (Wildman–Crippen LogP) is 6.07. The van der Waals surface area contributed by atoms with E-state index in [0.29, 0.717) is 18.0 Å². The lowest BCUT2D eigenvalue weighted by Crippen LogP contribution is -2.34. The highest BCUT2D eigenvalue weighted by Crippen LogP contribution is 2.51. The summed E-state index contributed by atoms with van der Waals surface area (Å²) in [6, 6.07) is 20.2. The van der Waals surface area contributed by atoms with E-state index in [1.54, 1.807) is 35.4 Å². The second-order valence-corrected chi connectivity index (χ2v) is 13.2. The average Bonchev–Trinajstić information content (AvgIpc) is 3.65. The van der Waals surface area contributed by atoms with Crippen LogP contribution in [0.25, 0.3) is 0 Å². The maximum Gasteiger partial charge on any atom is 0.241 e. The van der Waals surface area contributed by atoms with E-state index in [4.69, 9.17) is 11.6 Å². The molecule has 9 heteroatoms. The van der Waals surface area contributed by atoms with Crippen LogP contribution >= 0.6 is 11.6 Å². The number of anilines is 1. The molecule has 1 aromatic heterocycles. The quantitative estimate of drug-likeness (QED) is 0.271. The van der Waals surface area contributed by atoms with Crippen molar-refractivity contribution in [3.8, 4) is 0 Å². The summed E-state index contributed by atoms with van der Waals surface area (Å²) in [5.41, 5.74) is 4.76. The van der Waals surface area contributed by atoms with Crippen LogP contribution in [0.2, 0.25) is 5.02 Å². The fraction of sp³-hybridized carbons (Fsp3) is 0.312. The number of benzene rings is 3. The van der Waals surface area contributed by atoms with Crippen molar-refractivity contribution in [1.29, 1.82) is 0 Å². The van der Waals surface area contributed by atoms with E-state index in [0.717, 1.165) is 53.0 Å². The van der Waals surface area contributed by atoms with E-state index in [2.05, 4.69) is 9.71 Å². The number of hydrogen-bond donors (Lipinski definition) is 1. The van der Waals surface area contributed by atoms with Gasteiger partial charge in [-0.15, -0.1) is 0 Å². The molecular weight excluding hydrogens is 556 g/mol. The largest absolute Gasteiger partial charge is 0.337 e. The van der Waals surface area contributed by atoms with Crippen molar-refractivity contribution in [3.63, 3.8) is 0 Å². The highest BCUT2D eigenvalue weighted by molar-refractivity contribution is 7.89. The summed E-state index contributed by atoms with van der Waals surface area (Å²) in [6.07, 6.45) is 6.76. The van der Waals surface area contributed by atoms with Crippen LogP contribution in [0.1, 0.15) is 59.3 Å². The number of sulfonamides is 1. The number of halogens is 1. The minimum atomic E-state index is -3.72. The number of nitrogens with one attached hydrogen (secondary N) is 1. The van der Waals surface area contributed by atoms with Gasteiger partial charge in [-0.2, -0.15) is 0 Å². The molecule has 212 valence electrons. The summed E-state index contributed by atoms with van der Waals surface area (Å²) in [5, 5.41) is 0.681. The Hall–Kier alpha value is -3.46. The van der Waals surface area contributed by atoms with Crippen LogP contribution in [-0.2, 0) is 34.8 Å². The Balaban J connectivity index is 1.32. The molecule has 1 saturated carbocycles. The normalized spacial score (nSPS) is 19.9. The van der Waals surface area contributed by atoms with Crippen molar-refractivity contribution in [2.75, 3.05) is 4.90 Å². The zero-order valence-electron chi connectivity index (χ0n) is 23.1. The number of fused-ring (bicyclic) bond motifs is 1. The Morgan fingerprint density at radius 3 is 2.61 bits per heavy atom. The molecule has 7 nitrogen and oxygen atoms in total. The third-order valence-corrected chi connectivity index (χ3v) is 10.1. The molecule has 3 aromatic carbocycles. The molecule has 0 saturated heterocycles. The van der Waals surface area contributed by atoms with Gasteiger partial charge in [-0.3, -0.25) is 4.79 Å². The Morgan fingerprint density at radius 2 is 1.88 bits per heavy atom. The number of hydrogen-bond acceptors (Lipinski definition) is 4. The first-order chi connectivity index (χ1) is 19.7. The maximum atomic E-state index is 14.1. The molecule has 41 heavy (non-hydrogen) atoms. The molecule has 0 aliphatic heterocycles. The van der Waals surface area contributed by atoms with Crippen LogP contribution in [0.4, 0.5) is 5.69 Å². The fourth-order valence-electron chi connectivity index (χ4n) is 5.82. The Kier molecular flexibility index (Phi) is 7.49. The molecule has 0 unspecified atom stereocenters. The summed E-state index contributed by atoms with van der Waals surface area (Å²) in [6.45, 7) is 2.24. The van der Waals surface area contributed by atoms with Gasteiger partial charge in [0.05, 0.1) is 11.4 Å². The molecule has 2 aliphatic carbocycles. The maximum absolute atomic E-state index is 14.1. The molecule has 0 bridgehead atoms. The number of carbonyl (C=O) groups is 1. The summed E-state index contributed by atoms with van der Waals surface area (Å²) in [5.74, 6) is 0.682. The third kappa shape index (κ3) is 5.69. The van der Waals surface area contributed by atoms with Crippen LogP contribution in [-0.4, -0.2) is 23.9 Å². The molecule has 1 amide bonds. The van der Waals surface area contributed by atoms with Crippen LogP contribution in [0.3, 0.4) is 0 Å². The van der Waals surface area contributed by atoms with Gasteiger partial charge in [0.2, 0.25) is 15.9 Å². The first-order valence-electron chi connectivity index (χ1n) is 13.9. The lowest BCUT2D eigenvalue weighted by molar-refractivity contribution is -0.120. The molecule has 1 fully saturated rings. The van der Waals surface area contributed by atoms with E-state index in [1.807, 2.05) is 67.2 Å². The molecule has 1 N–H and O–H groups in total. The van der Waals surface area contributed by atoms with Gasteiger partial charge >= 0.3 is 0 Å². The Morgan fingerprint density at radius 1 is 1.10 bits per heavy atom. The van der Waals surface area contributed by atoms with E-state index >= 15 is 0 Å². The van der Waals surface area contributed by atoms with Crippen molar-refractivity contribution in [2.24, 2.45) is 13.0 Å². The van der Waals surface area contributed by atoms with E-state index in [-0.39, 0.29) is 28.7 Å². The molecule has 2 aliphatic rings. The van der Waals surface area contributed by atoms with Crippen LogP contribution in [0, 0.1) is 12.8 Å². The van der Waals surface area contributed by atoms with Gasteiger partial charge in [0.15, 0.2) is 0 Å². The fourth-order valence-corrected chi connectivity index (χ4v) is 7.35. The SMILES string of the molecule is Cc1ccc(S(=O)(=O)N[C@@H]2CCCc3ccc(N(Cc4nccn4C)C(=O)[C@@H]4C[C@@H]4c4ccccc4Cl)cc32)cc1. The second-order valence-electron chi connectivity index (χ2n) is 11.1. The number of carbonyl (C=O) groups excluding carboxylic acids is 1. The van der Waals surface area contributed by atoms with Gasteiger partial charge in [0.1, 0.15) is 5.82 Å². The Bertz CT molecular complexity index is 1700. The second kappa shape index (κ2) is 11.1. The van der Waals surface area contributed by atoms with Crippen LogP contribution in [0.5, 0.6) is 0 Å². The van der Waals surface area contributed by atoms with Gasteiger partial charge in [0, 0.05) is 42.1 Å². The zero-order chi connectivity index (χ0) is 28.7. The summed E-state index contributed by atoms with van der Waals surface area (Å²) >= 11 is 6.47. The number of aryl methyl sites for hydroxylation is 3. The first-order valence-corrected chi connectivity index (χ1v) is 15.8. The molecular formula is C32H33ClN4O3S. The smallest absolute Gasteiger partial charge is 0.241 e. The van der Waals surface area contributed by atoms with E-state index in [1.165, 1.54) is 0 Å². The molecule has 3 atom stereocenters. The van der Waals surface area contributed by atoms with Crippen molar-refractivity contribution in [1.82, 2.24) is 14.3 Å². The number of aromatic nitrogens is 2. The molecule has 0 radical (unpaired) electrons. The lowest BCUT2D eigenvalue weighted by atomic mass is 9.87. The van der Waals surface area contributed by atoms with E-state index < -0.39 is 10.0 Å². The predicted molar refractivity (Wildman–Crippen MR) is 160 cm³/mol. The minimum absolute atomic E-state index is 0.0189. The monoisotopic (exact) mass is 588 g/mol. The summed E-state index contributed by atoms with van der Waals surface area (Å²) < 4.78 is 31.4. The van der Waals surface area contributed by atoms with Gasteiger partial charge < -0.3 is 9.47 Å². The minimum Gasteiger partial charge on any atom is -0.337 e. The summed E-state index contributed by atoms with van der Waals surface area (Å²) in [7, 11) is -1.80. The summed E-state index contributed by atoms with van der Waals surface area (Å²) in [4.78, 5) is 20.6. The number of nitrogens with zero attached hydrogens (tertiary/aromatic N) is 3. The van der Waals surface area contributed by atoms with Crippen molar-refractivity contribution >= 4 is 33.2 Å². The lowest BCUT2D eigenvalue weighted by Gasteiger charge is -2.29. The molecule has 6 rings (SSSR count). The van der Waals surface area contributed by atoms with E-state index in [9.17, 15) is 13.2 Å². The number of imidazole rings is 1. The topological polar surface area (TPSA) is 84.3 Å². The third-order valence-electron chi connectivity index (χ3n) is 8.28. The molecule has 4 aromatic rings.